The molecule has 3 fully saturated rings. The van der Waals surface area contributed by atoms with Crippen molar-refractivity contribution >= 4 is 39.6 Å². The van der Waals surface area contributed by atoms with Crippen LogP contribution in [0.25, 0.3) is 0 Å². The van der Waals surface area contributed by atoms with Crippen LogP contribution in [0.2, 0.25) is 0 Å². The van der Waals surface area contributed by atoms with Gasteiger partial charge in [-0.25, -0.2) is 4.21 Å². The van der Waals surface area contributed by atoms with Crippen molar-refractivity contribution in [3.05, 3.63) is 0 Å². The van der Waals surface area contributed by atoms with E-state index in [1.165, 1.54) is 7.11 Å². The number of methoxy groups -OCH3 is 1. The summed E-state index contributed by atoms with van der Waals surface area (Å²) in [6.45, 7) is 0. The molecule has 2 saturated carbocycles. The number of carbonyl (C=O) groups is 1. The van der Waals surface area contributed by atoms with Gasteiger partial charge in [-0.3, -0.25) is 8.98 Å². The first-order valence-corrected chi connectivity index (χ1v) is 7.33. The van der Waals surface area contributed by atoms with Crippen molar-refractivity contribution < 1.29 is 17.9 Å². The zero-order valence-electron chi connectivity index (χ0n) is 8.09. The van der Waals surface area contributed by atoms with Crippen LogP contribution in [-0.4, -0.2) is 32.6 Å². The molecule has 0 spiro atoms. The highest BCUT2D eigenvalue weighted by atomic mass is 127. The molecule has 0 N–H and O–H groups in total. The molecule has 15 heavy (non-hydrogen) atoms. The molecule has 4 nitrogen and oxygen atoms in total. The topological polar surface area (TPSA) is 52.6 Å². The van der Waals surface area contributed by atoms with Crippen LogP contribution >= 0.6 is 22.6 Å². The van der Waals surface area contributed by atoms with E-state index in [0.29, 0.717) is 15.8 Å². The van der Waals surface area contributed by atoms with E-state index in [4.69, 9.17) is 8.92 Å². The summed E-state index contributed by atoms with van der Waals surface area (Å²) in [7, 11) is 1.40. The third-order valence-electron chi connectivity index (χ3n) is 3.83. The van der Waals surface area contributed by atoms with Gasteiger partial charge in [0.05, 0.1) is 24.4 Å². The molecule has 0 aromatic carbocycles. The average molecular weight is 342 g/mol. The van der Waals surface area contributed by atoms with Gasteiger partial charge in [0.2, 0.25) is 0 Å². The second-order valence-corrected chi connectivity index (χ2v) is 7.04. The lowest BCUT2D eigenvalue weighted by molar-refractivity contribution is -0.146. The van der Waals surface area contributed by atoms with Gasteiger partial charge < -0.3 is 4.74 Å². The van der Waals surface area contributed by atoms with Crippen LogP contribution in [0.4, 0.5) is 0 Å². The molecule has 1 heterocycles. The van der Waals surface area contributed by atoms with Crippen molar-refractivity contribution in [1.82, 2.24) is 0 Å². The van der Waals surface area contributed by atoms with Crippen LogP contribution in [0.15, 0.2) is 0 Å². The number of hydrogen-bond donors (Lipinski definition) is 0. The standard InChI is InChI=1S/C9H11IO4S/c1-13-9(11)5-3-2-4-7(6(3)10)14-15(12)8(4)5/h3-8H,2H2,1H3/t3-,4-,5-,6-,7-,8+,15-/m0/s1. The third-order valence-corrected chi connectivity index (χ3v) is 6.96. The van der Waals surface area contributed by atoms with Crippen molar-refractivity contribution in [3.8, 4) is 0 Å². The van der Waals surface area contributed by atoms with Gasteiger partial charge in [0, 0.05) is 9.84 Å². The van der Waals surface area contributed by atoms with Crippen molar-refractivity contribution in [2.75, 3.05) is 7.11 Å². The molecule has 3 aliphatic rings. The van der Waals surface area contributed by atoms with Crippen LogP contribution in [0.1, 0.15) is 6.42 Å². The molecule has 2 bridgehead atoms. The summed E-state index contributed by atoms with van der Waals surface area (Å²) in [5.41, 5.74) is 0. The van der Waals surface area contributed by atoms with Crippen LogP contribution in [0, 0.1) is 17.8 Å². The highest BCUT2D eigenvalue weighted by Gasteiger charge is 2.67. The molecule has 0 aromatic heterocycles. The largest absolute Gasteiger partial charge is 0.469 e. The van der Waals surface area contributed by atoms with Gasteiger partial charge in [0.25, 0.3) is 0 Å². The van der Waals surface area contributed by atoms with Crippen LogP contribution < -0.4 is 0 Å². The first-order chi connectivity index (χ1) is 7.15. The predicted octanol–water partition coefficient (Wildman–Crippen LogP) is 0.660. The number of rotatable bonds is 1. The minimum atomic E-state index is -1.30. The van der Waals surface area contributed by atoms with Crippen molar-refractivity contribution in [3.63, 3.8) is 0 Å². The zero-order chi connectivity index (χ0) is 10.7. The minimum Gasteiger partial charge on any atom is -0.469 e. The molecule has 84 valence electrons. The molecular formula is C9H11IO4S. The molecule has 3 rings (SSSR count). The van der Waals surface area contributed by atoms with E-state index in [2.05, 4.69) is 22.6 Å². The summed E-state index contributed by atoms with van der Waals surface area (Å²) in [5, 5.41) is -0.113. The Bertz CT molecular complexity index is 347. The van der Waals surface area contributed by atoms with Crippen molar-refractivity contribution in [2.45, 2.75) is 21.7 Å². The number of alkyl halides is 1. The van der Waals surface area contributed by atoms with E-state index < -0.39 is 11.1 Å². The normalized spacial score (nSPS) is 56.0. The van der Waals surface area contributed by atoms with Gasteiger partial charge in [0.1, 0.15) is 0 Å². The van der Waals surface area contributed by atoms with E-state index in [1.807, 2.05) is 0 Å². The van der Waals surface area contributed by atoms with E-state index in [1.54, 1.807) is 0 Å². The first kappa shape index (κ1) is 10.5. The molecule has 0 radical (unpaired) electrons. The Kier molecular flexibility index (Phi) is 2.37. The van der Waals surface area contributed by atoms with E-state index in [-0.39, 0.29) is 23.2 Å². The molecule has 0 aromatic rings. The number of esters is 1. The Balaban J connectivity index is 1.98. The van der Waals surface area contributed by atoms with Gasteiger partial charge in [-0.1, -0.05) is 22.6 Å². The molecule has 1 aliphatic heterocycles. The van der Waals surface area contributed by atoms with Gasteiger partial charge in [0.15, 0.2) is 11.1 Å². The highest BCUT2D eigenvalue weighted by molar-refractivity contribution is 14.1. The first-order valence-electron chi connectivity index (χ1n) is 4.94. The average Bonchev–Trinajstić information content (AvgIpc) is 2.80. The molecule has 0 amide bonds. The number of hydrogen-bond acceptors (Lipinski definition) is 4. The molecule has 2 aliphatic carbocycles. The van der Waals surface area contributed by atoms with E-state index in [9.17, 15) is 9.00 Å². The maximum Gasteiger partial charge on any atom is 0.310 e. The minimum absolute atomic E-state index is 0.0994. The summed E-state index contributed by atoms with van der Waals surface area (Å²) >= 11 is 1.03. The van der Waals surface area contributed by atoms with Gasteiger partial charge in [-0.2, -0.15) is 0 Å². The summed E-state index contributed by atoms with van der Waals surface area (Å²) in [4.78, 5) is 11.7. The van der Waals surface area contributed by atoms with Crippen LogP contribution in [0.5, 0.6) is 0 Å². The lowest BCUT2D eigenvalue weighted by Gasteiger charge is -2.26. The van der Waals surface area contributed by atoms with Crippen LogP contribution in [-0.2, 0) is 24.8 Å². The summed E-state index contributed by atoms with van der Waals surface area (Å²) in [6.07, 6.45) is 1.07. The molecule has 6 heteroatoms. The summed E-state index contributed by atoms with van der Waals surface area (Å²) in [5.74, 6) is 0.180. The SMILES string of the molecule is COC(=O)[C@H]1[C@@H]2C[C@H]3[C@H](O[S@](=O)[C@H]31)[C@H]2I. The summed E-state index contributed by atoms with van der Waals surface area (Å²) < 4.78 is 22.3. The lowest BCUT2D eigenvalue weighted by Crippen LogP contribution is -2.40. The molecule has 7 atom stereocenters. The fourth-order valence-corrected chi connectivity index (χ4v) is 6.57. The molecule has 0 unspecified atom stereocenters. The maximum absolute atomic E-state index is 11.7. The number of halogens is 1. The number of ether oxygens (including phenoxy) is 1. The molecule has 1 saturated heterocycles. The Morgan fingerprint density at radius 2 is 2.27 bits per heavy atom. The maximum atomic E-state index is 11.7. The lowest BCUT2D eigenvalue weighted by atomic mass is 9.87. The van der Waals surface area contributed by atoms with Gasteiger partial charge in [-0.05, 0) is 12.3 Å². The van der Waals surface area contributed by atoms with Crippen molar-refractivity contribution in [1.29, 1.82) is 0 Å². The second kappa shape index (κ2) is 3.40. The number of carbonyl (C=O) groups excluding carboxylic acids is 1. The van der Waals surface area contributed by atoms with Gasteiger partial charge in [-0.15, -0.1) is 0 Å². The summed E-state index contributed by atoms with van der Waals surface area (Å²) in [6, 6.07) is 0. The quantitative estimate of drug-likeness (QED) is 0.399. The Morgan fingerprint density at radius 1 is 1.53 bits per heavy atom. The van der Waals surface area contributed by atoms with Crippen molar-refractivity contribution in [2.24, 2.45) is 17.8 Å². The Hall–Kier alpha value is 0.310. The van der Waals surface area contributed by atoms with E-state index >= 15 is 0 Å². The smallest absolute Gasteiger partial charge is 0.310 e. The molecular weight excluding hydrogens is 331 g/mol. The fourth-order valence-electron chi connectivity index (χ4n) is 3.24. The van der Waals surface area contributed by atoms with E-state index in [0.717, 1.165) is 6.42 Å². The van der Waals surface area contributed by atoms with Crippen LogP contribution in [0.3, 0.4) is 0 Å². The Morgan fingerprint density at radius 3 is 2.93 bits per heavy atom. The third kappa shape index (κ3) is 1.21. The second-order valence-electron chi connectivity index (χ2n) is 4.34. The highest BCUT2D eigenvalue weighted by Crippen LogP contribution is 2.58. The number of fused-ring (bicyclic) bond motifs is 1. The zero-order valence-corrected chi connectivity index (χ0v) is 11.1. The Labute approximate surface area is 104 Å². The van der Waals surface area contributed by atoms with Gasteiger partial charge >= 0.3 is 5.97 Å². The predicted molar refractivity (Wildman–Crippen MR) is 61.7 cm³/mol. The fraction of sp³-hybridized carbons (Fsp3) is 0.889. The monoisotopic (exact) mass is 342 g/mol.